The first-order chi connectivity index (χ1) is 12.8. The molecule has 2 aromatic carbocycles. The summed E-state index contributed by atoms with van der Waals surface area (Å²) >= 11 is 6.69. The third kappa shape index (κ3) is 1.92. The van der Waals surface area contributed by atoms with Crippen LogP contribution in [0.2, 0.25) is 0 Å². The largest absolute Gasteiger partial charge is 0.455 e. The molecule has 1 N–H and O–H groups in total. The van der Waals surface area contributed by atoms with Crippen LogP contribution in [0.5, 0.6) is 5.75 Å². The second-order valence-electron chi connectivity index (χ2n) is 7.57. The van der Waals surface area contributed by atoms with Crippen molar-refractivity contribution in [3.63, 3.8) is 0 Å². The number of nitro groups is 1. The van der Waals surface area contributed by atoms with E-state index < -0.39 is 21.4 Å². The monoisotopic (exact) mass is 385 g/mol. The summed E-state index contributed by atoms with van der Waals surface area (Å²) in [6.45, 7) is 2.13. The maximum absolute atomic E-state index is 13.1. The quantitative estimate of drug-likeness (QED) is 0.490. The first kappa shape index (κ1) is 16.7. The van der Waals surface area contributed by atoms with Gasteiger partial charge in [-0.1, -0.05) is 42.8 Å². The van der Waals surface area contributed by atoms with Gasteiger partial charge in [-0.05, 0) is 36.3 Å². The molecule has 5 rings (SSSR count). The summed E-state index contributed by atoms with van der Waals surface area (Å²) < 4.78 is 5.80. The third-order valence-corrected chi connectivity index (χ3v) is 6.72. The molecule has 2 aromatic rings. The SMILES string of the molecule is C[C@@H](c1ccc2c(c1)OC1(O)c3c(cccc3[N+](=O)[O-])C(=O)C21Cl)C1CC1. The molecule has 0 amide bonds. The molecule has 27 heavy (non-hydrogen) atoms. The molecule has 2 aliphatic carbocycles. The number of ketones is 1. The molecule has 138 valence electrons. The number of nitrogens with zero attached hydrogens (tertiary/aromatic N) is 1. The van der Waals surface area contributed by atoms with E-state index in [9.17, 15) is 20.0 Å². The van der Waals surface area contributed by atoms with Crippen LogP contribution in [0.25, 0.3) is 0 Å². The lowest BCUT2D eigenvalue weighted by atomic mass is 9.88. The van der Waals surface area contributed by atoms with Crippen LogP contribution in [-0.4, -0.2) is 15.8 Å². The summed E-state index contributed by atoms with van der Waals surface area (Å²) in [4.78, 5) is 22.0. The highest BCUT2D eigenvalue weighted by atomic mass is 35.5. The first-order valence-electron chi connectivity index (χ1n) is 8.86. The van der Waals surface area contributed by atoms with E-state index in [0.717, 1.165) is 5.56 Å². The maximum atomic E-state index is 13.1. The molecule has 0 bridgehead atoms. The van der Waals surface area contributed by atoms with Crippen LogP contribution < -0.4 is 4.74 Å². The molecule has 1 heterocycles. The summed E-state index contributed by atoms with van der Waals surface area (Å²) in [6.07, 6.45) is 2.36. The lowest BCUT2D eigenvalue weighted by Gasteiger charge is -2.27. The van der Waals surface area contributed by atoms with Gasteiger partial charge in [0.2, 0.25) is 4.87 Å². The first-order valence-corrected chi connectivity index (χ1v) is 9.24. The van der Waals surface area contributed by atoms with Gasteiger partial charge in [-0.3, -0.25) is 14.9 Å². The number of nitro benzene ring substituents is 1. The van der Waals surface area contributed by atoms with Crippen LogP contribution in [0, 0.1) is 16.0 Å². The average Bonchev–Trinajstić information content (AvgIpc) is 3.44. The maximum Gasteiger partial charge on any atom is 0.280 e. The minimum absolute atomic E-state index is 0.0165. The Bertz CT molecular complexity index is 1030. The number of halogens is 1. The fraction of sp³-hybridized carbons (Fsp3) is 0.350. The molecule has 0 saturated heterocycles. The van der Waals surface area contributed by atoms with Crippen LogP contribution in [0.15, 0.2) is 36.4 Å². The van der Waals surface area contributed by atoms with Crippen molar-refractivity contribution in [2.75, 3.05) is 0 Å². The highest BCUT2D eigenvalue weighted by Gasteiger charge is 2.72. The Kier molecular flexibility index (Phi) is 3.15. The van der Waals surface area contributed by atoms with E-state index in [-0.39, 0.29) is 16.8 Å². The number of carbonyl (C=O) groups excluding carboxylic acids is 1. The van der Waals surface area contributed by atoms with E-state index >= 15 is 0 Å². The van der Waals surface area contributed by atoms with Crippen LogP contribution in [0.1, 0.15) is 52.7 Å². The topological polar surface area (TPSA) is 89.7 Å². The number of rotatable bonds is 3. The number of hydrogen-bond acceptors (Lipinski definition) is 5. The molecule has 3 atom stereocenters. The van der Waals surface area contributed by atoms with Crippen molar-refractivity contribution in [3.05, 3.63) is 68.8 Å². The molecular formula is C20H16ClNO5. The molecule has 0 radical (unpaired) electrons. The standard InChI is InChI=1S/C20H16ClNO5/c1-10(11-5-6-11)12-7-8-14-16(9-12)27-20(24)17-13(18(23)19(14,20)21)3-2-4-15(17)22(25)26/h2-4,7-11,24H,5-6H2,1H3/t10-,19?,20?/m1/s1. The van der Waals surface area contributed by atoms with Gasteiger partial charge in [0, 0.05) is 17.2 Å². The molecule has 0 spiro atoms. The molecular weight excluding hydrogens is 370 g/mol. The number of ether oxygens (including phenoxy) is 1. The highest BCUT2D eigenvalue weighted by Crippen LogP contribution is 2.63. The summed E-state index contributed by atoms with van der Waals surface area (Å²) in [5.41, 5.74) is 0.834. The van der Waals surface area contributed by atoms with Crippen molar-refractivity contribution >= 4 is 23.1 Å². The van der Waals surface area contributed by atoms with Crippen molar-refractivity contribution in [1.82, 2.24) is 0 Å². The number of aliphatic hydroxyl groups is 1. The van der Waals surface area contributed by atoms with Crippen LogP contribution in [0.4, 0.5) is 5.69 Å². The number of alkyl halides is 1. The molecule has 1 fully saturated rings. The van der Waals surface area contributed by atoms with Crippen molar-refractivity contribution in [2.24, 2.45) is 5.92 Å². The predicted octanol–water partition coefficient (Wildman–Crippen LogP) is 3.98. The van der Waals surface area contributed by atoms with Crippen LogP contribution >= 0.6 is 11.6 Å². The van der Waals surface area contributed by atoms with E-state index in [1.807, 2.05) is 6.07 Å². The Morgan fingerprint density at radius 1 is 1.33 bits per heavy atom. The lowest BCUT2D eigenvalue weighted by molar-refractivity contribution is -0.387. The number of hydrogen-bond donors (Lipinski definition) is 1. The van der Waals surface area contributed by atoms with Crippen molar-refractivity contribution in [2.45, 2.75) is 36.3 Å². The molecule has 6 nitrogen and oxygen atoms in total. The summed E-state index contributed by atoms with van der Waals surface area (Å²) in [5, 5.41) is 22.8. The number of benzene rings is 2. The molecule has 7 heteroatoms. The van der Waals surface area contributed by atoms with E-state index in [0.29, 0.717) is 23.1 Å². The Labute approximate surface area is 159 Å². The summed E-state index contributed by atoms with van der Waals surface area (Å²) in [5.74, 6) is -1.64. The van der Waals surface area contributed by atoms with Gasteiger partial charge in [-0.25, -0.2) is 0 Å². The minimum atomic E-state index is -2.31. The van der Waals surface area contributed by atoms with Crippen LogP contribution in [0.3, 0.4) is 0 Å². The third-order valence-electron chi connectivity index (χ3n) is 6.09. The normalized spacial score (nSPS) is 28.9. The second-order valence-corrected chi connectivity index (χ2v) is 8.14. The number of carbonyl (C=O) groups is 1. The van der Waals surface area contributed by atoms with Gasteiger partial charge in [-0.15, -0.1) is 0 Å². The van der Waals surface area contributed by atoms with Crippen molar-refractivity contribution in [3.8, 4) is 5.75 Å². The molecule has 1 saturated carbocycles. The molecule has 3 aliphatic rings. The van der Waals surface area contributed by atoms with Crippen molar-refractivity contribution in [1.29, 1.82) is 0 Å². The van der Waals surface area contributed by atoms with E-state index in [1.165, 1.54) is 31.0 Å². The van der Waals surface area contributed by atoms with Gasteiger partial charge in [0.15, 0.2) is 5.78 Å². The zero-order valence-corrected chi connectivity index (χ0v) is 15.2. The second kappa shape index (κ2) is 5.09. The fourth-order valence-electron chi connectivity index (χ4n) is 4.39. The smallest absolute Gasteiger partial charge is 0.280 e. The predicted molar refractivity (Wildman–Crippen MR) is 97.1 cm³/mol. The van der Waals surface area contributed by atoms with Gasteiger partial charge in [0.1, 0.15) is 11.3 Å². The molecule has 0 aromatic heterocycles. The van der Waals surface area contributed by atoms with Gasteiger partial charge in [-0.2, -0.15) is 0 Å². The Morgan fingerprint density at radius 2 is 2.07 bits per heavy atom. The van der Waals surface area contributed by atoms with Gasteiger partial charge in [0.05, 0.1) is 4.92 Å². The fourth-order valence-corrected chi connectivity index (χ4v) is 4.79. The average molecular weight is 386 g/mol. The van der Waals surface area contributed by atoms with E-state index in [1.54, 1.807) is 12.1 Å². The Hall–Kier alpha value is -2.44. The van der Waals surface area contributed by atoms with E-state index in [2.05, 4.69) is 6.92 Å². The zero-order valence-electron chi connectivity index (χ0n) is 14.4. The summed E-state index contributed by atoms with van der Waals surface area (Å²) in [7, 11) is 0. The van der Waals surface area contributed by atoms with Gasteiger partial charge < -0.3 is 9.84 Å². The van der Waals surface area contributed by atoms with Crippen LogP contribution in [-0.2, 0) is 10.7 Å². The summed E-state index contributed by atoms with van der Waals surface area (Å²) in [6, 6.07) is 9.45. The molecule has 2 unspecified atom stereocenters. The Morgan fingerprint density at radius 3 is 2.74 bits per heavy atom. The lowest BCUT2D eigenvalue weighted by Crippen LogP contribution is -2.44. The minimum Gasteiger partial charge on any atom is -0.455 e. The van der Waals surface area contributed by atoms with Crippen molar-refractivity contribution < 1.29 is 19.6 Å². The Balaban J connectivity index is 1.70. The number of fused-ring (bicyclic) bond motifs is 5. The number of Topliss-reactive ketones (excluding diaryl/α,β-unsaturated/α-hetero) is 1. The van der Waals surface area contributed by atoms with Gasteiger partial charge >= 0.3 is 0 Å². The molecule has 1 aliphatic heterocycles. The van der Waals surface area contributed by atoms with E-state index in [4.69, 9.17) is 16.3 Å². The zero-order chi connectivity index (χ0) is 19.1. The highest BCUT2D eigenvalue weighted by molar-refractivity contribution is 6.41. The van der Waals surface area contributed by atoms with Gasteiger partial charge in [0.25, 0.3) is 11.5 Å².